The molecule has 0 amide bonds. The lowest BCUT2D eigenvalue weighted by atomic mass is 10.1. The fourth-order valence-corrected chi connectivity index (χ4v) is 1.71. The minimum Gasteiger partial charge on any atom is -0.496 e. The van der Waals surface area contributed by atoms with Gasteiger partial charge in [0, 0.05) is 23.7 Å². The fraction of sp³-hybridized carbons (Fsp3) is 0.417. The van der Waals surface area contributed by atoms with Gasteiger partial charge < -0.3 is 10.1 Å². The summed E-state index contributed by atoms with van der Waals surface area (Å²) in [5.41, 5.74) is 0.561. The lowest BCUT2D eigenvalue weighted by Crippen LogP contribution is -2.32. The van der Waals surface area contributed by atoms with Crippen molar-refractivity contribution in [3.8, 4) is 11.8 Å². The number of rotatable bonds is 5. The van der Waals surface area contributed by atoms with Crippen molar-refractivity contribution in [1.29, 1.82) is 5.26 Å². The summed E-state index contributed by atoms with van der Waals surface area (Å²) in [5.74, 6) is -1.55. The molecule has 0 heterocycles. The van der Waals surface area contributed by atoms with Crippen molar-refractivity contribution in [1.82, 2.24) is 5.32 Å². The highest BCUT2D eigenvalue weighted by molar-refractivity contribution is 6.31. The topological polar surface area (TPSA) is 45.0 Å². The number of halogens is 4. The van der Waals surface area contributed by atoms with Crippen molar-refractivity contribution in [3.63, 3.8) is 0 Å². The van der Waals surface area contributed by atoms with Crippen molar-refractivity contribution in [2.75, 3.05) is 13.7 Å². The van der Waals surface area contributed by atoms with E-state index in [1.54, 1.807) is 18.2 Å². The molecule has 1 rings (SSSR count). The number of hydrogen-bond acceptors (Lipinski definition) is 3. The summed E-state index contributed by atoms with van der Waals surface area (Å²) in [7, 11) is 1.45. The van der Waals surface area contributed by atoms with Crippen LogP contribution < -0.4 is 10.1 Å². The van der Waals surface area contributed by atoms with Gasteiger partial charge in [-0.2, -0.15) is 18.4 Å². The van der Waals surface area contributed by atoms with Gasteiger partial charge in [-0.3, -0.25) is 0 Å². The SMILES string of the molecule is COc1cccc(Cl)c1CNCC(C#N)C(F)(F)F. The largest absolute Gasteiger partial charge is 0.496 e. The molecule has 1 unspecified atom stereocenters. The number of nitriles is 1. The molecule has 0 fully saturated rings. The summed E-state index contributed by atoms with van der Waals surface area (Å²) in [4.78, 5) is 0. The minimum absolute atomic E-state index is 0.0944. The number of ether oxygens (including phenoxy) is 1. The van der Waals surface area contributed by atoms with E-state index < -0.39 is 18.6 Å². The zero-order valence-electron chi connectivity index (χ0n) is 10.1. The predicted octanol–water partition coefficient (Wildman–Crippen LogP) is 3.14. The molecule has 1 N–H and O–H groups in total. The molecular formula is C12H12ClF3N2O. The summed E-state index contributed by atoms with van der Waals surface area (Å²) < 4.78 is 42.1. The molecule has 0 radical (unpaired) electrons. The molecule has 0 spiro atoms. The predicted molar refractivity (Wildman–Crippen MR) is 64.9 cm³/mol. The quantitative estimate of drug-likeness (QED) is 0.907. The second kappa shape index (κ2) is 6.64. The Hall–Kier alpha value is -1.45. The van der Waals surface area contributed by atoms with E-state index in [-0.39, 0.29) is 6.54 Å². The third kappa shape index (κ3) is 4.30. The number of benzene rings is 1. The monoisotopic (exact) mass is 292 g/mol. The van der Waals surface area contributed by atoms with Gasteiger partial charge in [0.2, 0.25) is 0 Å². The summed E-state index contributed by atoms with van der Waals surface area (Å²) in [6.07, 6.45) is -4.54. The maximum atomic E-state index is 12.4. The molecule has 3 nitrogen and oxygen atoms in total. The van der Waals surface area contributed by atoms with E-state index in [4.69, 9.17) is 21.6 Å². The van der Waals surface area contributed by atoms with Crippen molar-refractivity contribution in [3.05, 3.63) is 28.8 Å². The first-order chi connectivity index (χ1) is 8.90. The van der Waals surface area contributed by atoms with Gasteiger partial charge in [-0.25, -0.2) is 0 Å². The minimum atomic E-state index is -4.54. The molecule has 0 aromatic heterocycles. The van der Waals surface area contributed by atoms with Gasteiger partial charge in [0.1, 0.15) is 5.75 Å². The highest BCUT2D eigenvalue weighted by atomic mass is 35.5. The van der Waals surface area contributed by atoms with Gasteiger partial charge >= 0.3 is 6.18 Å². The van der Waals surface area contributed by atoms with E-state index in [2.05, 4.69) is 5.32 Å². The number of hydrogen-bond donors (Lipinski definition) is 1. The summed E-state index contributed by atoms with van der Waals surface area (Å²) in [5, 5.41) is 11.4. The highest BCUT2D eigenvalue weighted by Crippen LogP contribution is 2.27. The summed E-state index contributed by atoms with van der Waals surface area (Å²) >= 11 is 5.94. The molecule has 0 aliphatic heterocycles. The molecule has 104 valence electrons. The number of nitrogens with one attached hydrogen (secondary N) is 1. The van der Waals surface area contributed by atoms with Crippen LogP contribution in [-0.4, -0.2) is 19.8 Å². The lowest BCUT2D eigenvalue weighted by Gasteiger charge is -2.15. The van der Waals surface area contributed by atoms with Crippen LogP contribution in [0.15, 0.2) is 18.2 Å². The Balaban J connectivity index is 2.66. The Morgan fingerprint density at radius 3 is 2.68 bits per heavy atom. The fourth-order valence-electron chi connectivity index (χ4n) is 1.48. The second-order valence-electron chi connectivity index (χ2n) is 3.77. The molecule has 1 atom stereocenters. The molecule has 0 aliphatic carbocycles. The molecular weight excluding hydrogens is 281 g/mol. The van der Waals surface area contributed by atoms with Crippen molar-refractivity contribution in [2.45, 2.75) is 12.7 Å². The van der Waals surface area contributed by atoms with Crippen molar-refractivity contribution in [2.24, 2.45) is 5.92 Å². The molecule has 0 saturated carbocycles. The molecule has 0 aliphatic rings. The van der Waals surface area contributed by atoms with Crippen LogP contribution >= 0.6 is 11.6 Å². The van der Waals surface area contributed by atoms with Crippen LogP contribution in [0.5, 0.6) is 5.75 Å². The number of nitrogens with zero attached hydrogens (tertiary/aromatic N) is 1. The van der Waals surface area contributed by atoms with Gasteiger partial charge in [0.15, 0.2) is 5.92 Å². The normalized spacial score (nSPS) is 12.8. The standard InChI is InChI=1S/C12H12ClF3N2O/c1-19-11-4-2-3-10(13)9(11)7-18-6-8(5-17)12(14,15)16/h2-4,8,18H,6-7H2,1H3. The van der Waals surface area contributed by atoms with Crippen LogP contribution in [0.1, 0.15) is 5.56 Å². The van der Waals surface area contributed by atoms with Gasteiger partial charge in [0.25, 0.3) is 0 Å². The molecule has 19 heavy (non-hydrogen) atoms. The van der Waals surface area contributed by atoms with E-state index in [1.165, 1.54) is 13.2 Å². The maximum Gasteiger partial charge on any atom is 0.405 e. The van der Waals surface area contributed by atoms with Crippen LogP contribution in [0.25, 0.3) is 0 Å². The average Bonchev–Trinajstić information content (AvgIpc) is 2.34. The first kappa shape index (κ1) is 15.6. The van der Waals surface area contributed by atoms with Crippen molar-refractivity contribution >= 4 is 11.6 Å². The molecule has 7 heteroatoms. The van der Waals surface area contributed by atoms with Gasteiger partial charge in [-0.1, -0.05) is 17.7 Å². The van der Waals surface area contributed by atoms with Crippen LogP contribution in [0, 0.1) is 17.2 Å². The summed E-state index contributed by atoms with van der Waals surface area (Å²) in [6.45, 7) is -0.397. The van der Waals surface area contributed by atoms with Gasteiger partial charge in [-0.15, -0.1) is 0 Å². The Labute approximate surface area is 113 Å². The third-order valence-electron chi connectivity index (χ3n) is 2.50. The smallest absolute Gasteiger partial charge is 0.405 e. The Morgan fingerprint density at radius 2 is 2.16 bits per heavy atom. The number of methoxy groups -OCH3 is 1. The van der Waals surface area contributed by atoms with Crippen LogP contribution in [0.4, 0.5) is 13.2 Å². The van der Waals surface area contributed by atoms with E-state index in [9.17, 15) is 13.2 Å². The average molecular weight is 293 g/mol. The highest BCUT2D eigenvalue weighted by Gasteiger charge is 2.39. The summed E-state index contributed by atoms with van der Waals surface area (Å²) in [6, 6.07) is 6.18. The van der Waals surface area contributed by atoms with E-state index in [0.29, 0.717) is 16.3 Å². The van der Waals surface area contributed by atoms with Crippen LogP contribution in [-0.2, 0) is 6.54 Å². The van der Waals surface area contributed by atoms with E-state index >= 15 is 0 Å². The van der Waals surface area contributed by atoms with Crippen molar-refractivity contribution < 1.29 is 17.9 Å². The Kier molecular flexibility index (Phi) is 5.45. The molecule has 0 bridgehead atoms. The Morgan fingerprint density at radius 1 is 1.47 bits per heavy atom. The zero-order valence-corrected chi connectivity index (χ0v) is 10.8. The molecule has 1 aromatic rings. The molecule has 0 saturated heterocycles. The van der Waals surface area contributed by atoms with Crippen LogP contribution in [0.3, 0.4) is 0 Å². The lowest BCUT2D eigenvalue weighted by molar-refractivity contribution is -0.157. The first-order valence-corrected chi connectivity index (χ1v) is 5.76. The van der Waals surface area contributed by atoms with Gasteiger partial charge in [0.05, 0.1) is 13.2 Å². The third-order valence-corrected chi connectivity index (χ3v) is 2.85. The van der Waals surface area contributed by atoms with E-state index in [0.717, 1.165) is 0 Å². The van der Waals surface area contributed by atoms with E-state index in [1.807, 2.05) is 0 Å². The zero-order chi connectivity index (χ0) is 14.5. The Bertz CT molecular complexity index is 471. The molecule has 1 aromatic carbocycles. The van der Waals surface area contributed by atoms with Crippen LogP contribution in [0.2, 0.25) is 5.02 Å². The first-order valence-electron chi connectivity index (χ1n) is 5.38. The number of alkyl halides is 3. The van der Waals surface area contributed by atoms with Gasteiger partial charge in [-0.05, 0) is 12.1 Å². The second-order valence-corrected chi connectivity index (χ2v) is 4.18. The maximum absolute atomic E-state index is 12.4.